The van der Waals surface area contributed by atoms with Gasteiger partial charge in [-0.1, -0.05) is 64.1 Å². The largest absolute Gasteiger partial charge is 0.462 e. The topological polar surface area (TPSA) is 213 Å². The SMILES string of the molecule is CCOC(=O)c1cnc2c(C)c(Cl)ccc2c1NCCN(C)C.CCOC(=O)c1cnc2c(Cl)c(Cl)ccc2c1NCCOC(=O)c1cccs1.CCOC(=O)c1cnc2c(Cl)cc(Cl)cc2c1NCCOCCO. The van der Waals surface area contributed by atoms with Gasteiger partial charge in [-0.15, -0.1) is 11.3 Å². The van der Waals surface area contributed by atoms with Crippen molar-refractivity contribution < 1.29 is 48.0 Å². The number of ether oxygens (including phenoxy) is 5. The zero-order chi connectivity index (χ0) is 54.6. The number of nitrogens with zero attached hydrogens (tertiary/aromatic N) is 4. The Balaban J connectivity index is 0.000000209. The van der Waals surface area contributed by atoms with E-state index in [2.05, 4.69) is 35.8 Å². The van der Waals surface area contributed by atoms with Crippen LogP contribution < -0.4 is 16.0 Å². The summed E-state index contributed by atoms with van der Waals surface area (Å²) in [5, 5.41) is 24.4. The standard InChI is InChI=1S/C19H16Cl2N2O4S.C17H22ClN3O2.C16H18Cl2N2O4/c1-2-26-18(24)12-10-23-17-11(5-6-13(20)15(17)21)16(12)22-7-8-27-19(25)14-4-3-9-28-14;1-5-23-17(22)13-10-20-15-11(2)14(18)7-6-12(15)16(13)19-8-9-21(3)4;1-2-24-16(22)12-9-20-15-11(7-10(17)8-13(15)18)14(12)19-3-5-23-6-4-21/h3-6,9-10H,2,7-8H2,1H3,(H,22,23);6-7,10H,5,8-9H2,1-4H3,(H,19,20);7-9,21H,2-6H2,1H3,(H,19,20). The van der Waals surface area contributed by atoms with Gasteiger partial charge in [0.25, 0.3) is 0 Å². The molecule has 7 aromatic rings. The molecular weight excluding hydrogens is 1090 g/mol. The summed E-state index contributed by atoms with van der Waals surface area (Å²) in [5.41, 5.74) is 5.46. The quantitative estimate of drug-likeness (QED) is 0.0299. The molecule has 0 spiro atoms. The highest BCUT2D eigenvalue weighted by molar-refractivity contribution is 7.12. The second-order valence-corrected chi connectivity index (χ2v) is 18.9. The van der Waals surface area contributed by atoms with E-state index in [1.807, 2.05) is 33.2 Å². The molecule has 4 heterocycles. The number of aliphatic hydroxyl groups is 1. The van der Waals surface area contributed by atoms with Crippen LogP contribution in [0.4, 0.5) is 17.1 Å². The van der Waals surface area contributed by atoms with Gasteiger partial charge in [-0.05, 0) is 95.2 Å². The number of carbonyl (C=O) groups excluding carboxylic acids is 4. The molecule has 0 amide bonds. The molecule has 7 rings (SSSR count). The first kappa shape index (κ1) is 60.1. The number of aliphatic hydroxyl groups excluding tert-OH is 1. The summed E-state index contributed by atoms with van der Waals surface area (Å²) in [6.45, 7) is 10.9. The fraction of sp³-hybridized carbons (Fsp3) is 0.327. The van der Waals surface area contributed by atoms with Crippen LogP contribution in [0, 0.1) is 6.92 Å². The third-order valence-corrected chi connectivity index (χ3v) is 13.1. The van der Waals surface area contributed by atoms with Crippen LogP contribution in [0.3, 0.4) is 0 Å². The summed E-state index contributed by atoms with van der Waals surface area (Å²) in [4.78, 5) is 64.1. The van der Waals surface area contributed by atoms with Crippen molar-refractivity contribution in [3.63, 3.8) is 0 Å². The Morgan fingerprint density at radius 3 is 1.67 bits per heavy atom. The molecule has 75 heavy (non-hydrogen) atoms. The van der Waals surface area contributed by atoms with Crippen molar-refractivity contribution in [1.29, 1.82) is 0 Å². The lowest BCUT2D eigenvalue weighted by Gasteiger charge is -2.17. The number of aryl methyl sites for hydroxylation is 1. The fourth-order valence-electron chi connectivity index (χ4n) is 7.08. The fourth-order valence-corrected chi connectivity index (χ4v) is 8.76. The average Bonchev–Trinajstić information content (AvgIpc) is 3.94. The number of rotatable bonds is 21. The summed E-state index contributed by atoms with van der Waals surface area (Å²) >= 11 is 32.1. The molecule has 0 atom stereocenters. The Morgan fingerprint density at radius 1 is 0.600 bits per heavy atom. The number of halogens is 5. The molecule has 17 nitrogen and oxygen atoms in total. The number of aromatic nitrogens is 3. The maximum absolute atomic E-state index is 12.3. The van der Waals surface area contributed by atoms with Gasteiger partial charge in [-0.2, -0.15) is 0 Å². The Hall–Kier alpha value is -5.80. The second kappa shape index (κ2) is 30.1. The lowest BCUT2D eigenvalue weighted by molar-refractivity contribution is 0.0513. The first-order chi connectivity index (χ1) is 36.1. The zero-order valence-corrected chi connectivity index (χ0v) is 46.5. The van der Waals surface area contributed by atoms with E-state index in [0.29, 0.717) is 101 Å². The molecule has 0 aliphatic rings. The maximum atomic E-state index is 12.3. The molecule has 400 valence electrons. The smallest absolute Gasteiger partial charge is 0.348 e. The number of benzene rings is 3. The molecule has 0 unspecified atom stereocenters. The number of hydrogen-bond acceptors (Lipinski definition) is 18. The van der Waals surface area contributed by atoms with E-state index < -0.39 is 17.9 Å². The first-order valence-electron chi connectivity index (χ1n) is 23.5. The van der Waals surface area contributed by atoms with Crippen LogP contribution in [0.25, 0.3) is 32.7 Å². The van der Waals surface area contributed by atoms with Crippen LogP contribution in [-0.4, -0.2) is 135 Å². The highest BCUT2D eigenvalue weighted by Gasteiger charge is 2.22. The van der Waals surface area contributed by atoms with Gasteiger partial charge in [0.05, 0.1) is 88.3 Å². The molecule has 4 N–H and O–H groups in total. The Labute approximate surface area is 463 Å². The van der Waals surface area contributed by atoms with Gasteiger partial charge in [0, 0.05) is 71.0 Å². The monoisotopic (exact) mass is 1150 g/mol. The highest BCUT2D eigenvalue weighted by atomic mass is 35.5. The number of likely N-dealkylation sites (N-methyl/N-ethyl adjacent to an activating group) is 1. The summed E-state index contributed by atoms with van der Waals surface area (Å²) in [5.74, 6) is -1.76. The van der Waals surface area contributed by atoms with E-state index in [1.165, 1.54) is 23.7 Å². The van der Waals surface area contributed by atoms with Gasteiger partial charge < -0.3 is 49.6 Å². The molecule has 0 saturated heterocycles. The molecule has 0 aliphatic carbocycles. The number of nitrogens with one attached hydrogen (secondary N) is 3. The molecule has 0 bridgehead atoms. The zero-order valence-electron chi connectivity index (χ0n) is 41.9. The van der Waals surface area contributed by atoms with E-state index in [9.17, 15) is 19.2 Å². The number of anilines is 3. The van der Waals surface area contributed by atoms with Crippen LogP contribution in [0.2, 0.25) is 25.1 Å². The van der Waals surface area contributed by atoms with Gasteiger partial charge in [0.15, 0.2) is 0 Å². The third kappa shape index (κ3) is 16.4. The lowest BCUT2D eigenvalue weighted by atomic mass is 10.1. The van der Waals surface area contributed by atoms with E-state index in [1.54, 1.807) is 68.7 Å². The molecule has 4 aromatic heterocycles. The Bertz CT molecular complexity index is 3100. The minimum atomic E-state index is -0.513. The summed E-state index contributed by atoms with van der Waals surface area (Å²) in [6.07, 6.45) is 4.38. The van der Waals surface area contributed by atoms with Gasteiger partial charge in [0.2, 0.25) is 0 Å². The average molecular weight is 1150 g/mol. The molecule has 0 fully saturated rings. The number of pyridine rings is 3. The van der Waals surface area contributed by atoms with Crippen molar-refractivity contribution in [2.24, 2.45) is 0 Å². The van der Waals surface area contributed by atoms with Crippen LogP contribution >= 0.6 is 69.3 Å². The lowest BCUT2D eigenvalue weighted by Crippen LogP contribution is -2.22. The Kier molecular flexibility index (Phi) is 24.1. The van der Waals surface area contributed by atoms with Crippen LogP contribution in [-0.2, 0) is 23.7 Å². The van der Waals surface area contributed by atoms with Crippen molar-refractivity contribution in [3.05, 3.63) is 125 Å². The van der Waals surface area contributed by atoms with E-state index >= 15 is 0 Å². The molecule has 0 radical (unpaired) electrons. The molecule has 23 heteroatoms. The van der Waals surface area contributed by atoms with Crippen molar-refractivity contribution in [1.82, 2.24) is 19.9 Å². The third-order valence-electron chi connectivity index (χ3n) is 10.5. The minimum absolute atomic E-state index is 0.0442. The predicted molar refractivity (Wildman–Crippen MR) is 299 cm³/mol. The summed E-state index contributed by atoms with van der Waals surface area (Å²) < 4.78 is 25.8. The Morgan fingerprint density at radius 2 is 1.12 bits per heavy atom. The molecular formula is C52H56Cl5N7O10S. The number of esters is 4. The summed E-state index contributed by atoms with van der Waals surface area (Å²) in [7, 11) is 4.00. The second-order valence-electron chi connectivity index (χ2n) is 15.9. The number of hydrogen-bond donors (Lipinski definition) is 4. The number of carbonyl (C=O) groups is 4. The first-order valence-corrected chi connectivity index (χ1v) is 26.2. The predicted octanol–water partition coefficient (Wildman–Crippen LogP) is 11.5. The van der Waals surface area contributed by atoms with Crippen LogP contribution in [0.15, 0.2) is 72.5 Å². The number of thiophene rings is 1. The van der Waals surface area contributed by atoms with Gasteiger partial charge in [-0.3, -0.25) is 15.0 Å². The highest BCUT2D eigenvalue weighted by Crippen LogP contribution is 2.36. The van der Waals surface area contributed by atoms with Gasteiger partial charge >= 0.3 is 23.9 Å². The van der Waals surface area contributed by atoms with Crippen molar-refractivity contribution in [3.8, 4) is 0 Å². The maximum Gasteiger partial charge on any atom is 0.348 e. The molecule has 0 saturated carbocycles. The van der Waals surface area contributed by atoms with E-state index in [4.69, 9.17) is 86.8 Å². The van der Waals surface area contributed by atoms with Gasteiger partial charge in [0.1, 0.15) is 28.2 Å². The van der Waals surface area contributed by atoms with E-state index in [-0.39, 0.29) is 51.1 Å². The van der Waals surface area contributed by atoms with Crippen LogP contribution in [0.5, 0.6) is 0 Å². The van der Waals surface area contributed by atoms with Crippen molar-refractivity contribution in [2.75, 3.05) is 102 Å². The summed E-state index contributed by atoms with van der Waals surface area (Å²) in [6, 6.07) is 13.8. The normalized spacial score (nSPS) is 10.8. The van der Waals surface area contributed by atoms with Crippen LogP contribution in [0.1, 0.15) is 67.1 Å². The van der Waals surface area contributed by atoms with E-state index in [0.717, 1.165) is 28.7 Å². The molecule has 3 aromatic carbocycles. The molecule has 0 aliphatic heterocycles. The van der Waals surface area contributed by atoms with Crippen molar-refractivity contribution >= 4 is 143 Å². The minimum Gasteiger partial charge on any atom is -0.462 e. The van der Waals surface area contributed by atoms with Crippen molar-refractivity contribution in [2.45, 2.75) is 27.7 Å². The number of fused-ring (bicyclic) bond motifs is 3. The van der Waals surface area contributed by atoms with Gasteiger partial charge in [-0.25, -0.2) is 19.2 Å².